The van der Waals surface area contributed by atoms with E-state index in [0.29, 0.717) is 0 Å². The van der Waals surface area contributed by atoms with E-state index in [2.05, 4.69) is 5.10 Å². The first-order chi connectivity index (χ1) is 3.70. The van der Waals surface area contributed by atoms with Crippen molar-refractivity contribution in [2.24, 2.45) is 7.05 Å². The first-order valence-electron chi connectivity index (χ1n) is 2.38. The summed E-state index contributed by atoms with van der Waals surface area (Å²) in [5, 5.41) is 3.81. The molecule has 3 nitrogen and oxygen atoms in total. The SMILES string of the molecule is Cc1[cH-]c(=O)n(C)n1.[Re]. The first-order valence-corrected chi connectivity index (χ1v) is 2.38. The molecule has 0 atom stereocenters. The molecule has 0 aliphatic rings. The molecule has 1 rings (SSSR count). The largest absolute Gasteiger partial charge is 0.309 e. The van der Waals surface area contributed by atoms with E-state index in [1.54, 1.807) is 14.0 Å². The quantitative estimate of drug-likeness (QED) is 0.622. The van der Waals surface area contributed by atoms with Gasteiger partial charge in [-0.15, -0.1) is 0 Å². The normalized spacial score (nSPS) is 8.67. The molecule has 0 aliphatic carbocycles. The van der Waals surface area contributed by atoms with Gasteiger partial charge >= 0.3 is 0 Å². The molecule has 0 N–H and O–H groups in total. The van der Waals surface area contributed by atoms with Crippen LogP contribution in [0.4, 0.5) is 0 Å². The van der Waals surface area contributed by atoms with E-state index in [1.165, 1.54) is 10.7 Å². The van der Waals surface area contributed by atoms with E-state index in [4.69, 9.17) is 0 Å². The monoisotopic (exact) mass is 298 g/mol. The summed E-state index contributed by atoms with van der Waals surface area (Å²) in [7, 11) is 1.63. The average Bonchev–Trinajstić information content (AvgIpc) is 1.85. The molecule has 0 bridgehead atoms. The maximum atomic E-state index is 10.5. The summed E-state index contributed by atoms with van der Waals surface area (Å²) in [4.78, 5) is 10.5. The minimum Gasteiger partial charge on any atom is -0.309 e. The third-order valence-corrected chi connectivity index (χ3v) is 0.959. The number of hydrogen-bond acceptors (Lipinski definition) is 2. The Morgan fingerprint density at radius 1 is 1.67 bits per heavy atom. The predicted molar refractivity (Wildman–Crippen MR) is 29.8 cm³/mol. The Bertz CT molecular complexity index is 237. The van der Waals surface area contributed by atoms with Crippen LogP contribution in [0.3, 0.4) is 0 Å². The predicted octanol–water partition coefficient (Wildman–Crippen LogP) is -0.195. The maximum Gasteiger partial charge on any atom is 0.111 e. The van der Waals surface area contributed by atoms with Crippen LogP contribution >= 0.6 is 0 Å². The van der Waals surface area contributed by atoms with Crippen molar-refractivity contribution >= 4 is 0 Å². The van der Waals surface area contributed by atoms with Crippen LogP contribution in [0.15, 0.2) is 10.9 Å². The van der Waals surface area contributed by atoms with Crippen LogP contribution in [0, 0.1) is 6.92 Å². The fourth-order valence-corrected chi connectivity index (χ4v) is 0.587. The number of rotatable bonds is 0. The zero-order chi connectivity index (χ0) is 6.15. The minimum atomic E-state index is -0.0394. The summed E-state index contributed by atoms with van der Waals surface area (Å²) < 4.78 is 1.31. The molecule has 0 spiro atoms. The zero-order valence-corrected chi connectivity index (χ0v) is 7.97. The van der Waals surface area contributed by atoms with Gasteiger partial charge in [-0.05, 0) is 0 Å². The Balaban J connectivity index is 0.000000640. The van der Waals surface area contributed by atoms with Crippen molar-refractivity contribution in [2.75, 3.05) is 0 Å². The molecule has 0 unspecified atom stereocenters. The van der Waals surface area contributed by atoms with Gasteiger partial charge < -0.3 is 4.79 Å². The van der Waals surface area contributed by atoms with Crippen molar-refractivity contribution < 1.29 is 20.4 Å². The summed E-state index contributed by atoms with van der Waals surface area (Å²) >= 11 is 0. The van der Waals surface area contributed by atoms with E-state index in [9.17, 15) is 4.79 Å². The number of aryl methyl sites for hydroxylation is 2. The van der Waals surface area contributed by atoms with Crippen molar-refractivity contribution in [1.29, 1.82) is 0 Å². The summed E-state index contributed by atoms with van der Waals surface area (Å²) in [5.41, 5.74) is 0.736. The van der Waals surface area contributed by atoms with Crippen molar-refractivity contribution in [3.63, 3.8) is 0 Å². The molecule has 0 fully saturated rings. The second kappa shape index (κ2) is 3.00. The van der Waals surface area contributed by atoms with Crippen LogP contribution in [-0.4, -0.2) is 9.78 Å². The van der Waals surface area contributed by atoms with Gasteiger partial charge in [-0.3, -0.25) is 10.7 Å². The van der Waals surface area contributed by atoms with E-state index in [1.807, 2.05) is 0 Å². The molecule has 0 amide bonds. The molecule has 0 saturated heterocycles. The first kappa shape index (κ1) is 8.67. The second-order valence-corrected chi connectivity index (χ2v) is 1.75. The third-order valence-electron chi connectivity index (χ3n) is 0.959. The average molecular weight is 297 g/mol. The fourth-order valence-electron chi connectivity index (χ4n) is 0.587. The van der Waals surface area contributed by atoms with Gasteiger partial charge in [0, 0.05) is 27.5 Å². The molecule has 0 aliphatic heterocycles. The second-order valence-electron chi connectivity index (χ2n) is 1.75. The Morgan fingerprint density at radius 2 is 2.22 bits per heavy atom. The molecule has 1 radical (unpaired) electrons. The van der Waals surface area contributed by atoms with Gasteiger partial charge in [0.25, 0.3) is 0 Å². The van der Waals surface area contributed by atoms with E-state index >= 15 is 0 Å². The van der Waals surface area contributed by atoms with Crippen molar-refractivity contribution in [2.45, 2.75) is 6.92 Å². The van der Waals surface area contributed by atoms with Crippen molar-refractivity contribution in [1.82, 2.24) is 9.78 Å². The molecular formula is C5H7N2ORe-. The van der Waals surface area contributed by atoms with Crippen LogP contribution in [0.25, 0.3) is 0 Å². The van der Waals surface area contributed by atoms with Crippen molar-refractivity contribution in [3.8, 4) is 0 Å². The van der Waals surface area contributed by atoms with Crippen LogP contribution in [0.5, 0.6) is 0 Å². The smallest absolute Gasteiger partial charge is 0.111 e. The molecular weight excluding hydrogens is 290 g/mol. The summed E-state index contributed by atoms with van der Waals surface area (Å²) in [6, 6.07) is 1.50. The van der Waals surface area contributed by atoms with Crippen LogP contribution in [0.1, 0.15) is 5.69 Å². The summed E-state index contributed by atoms with van der Waals surface area (Å²) in [5.74, 6) is 0. The minimum absolute atomic E-state index is 0. The standard InChI is InChI=1S/C5H7N2O.Re/c1-4-3-5(8)7(2)6-4;/h3H,1-2H3;/q-1;. The molecule has 1 heterocycles. The molecule has 0 aromatic carbocycles. The van der Waals surface area contributed by atoms with Crippen LogP contribution < -0.4 is 5.56 Å². The van der Waals surface area contributed by atoms with Gasteiger partial charge in [-0.1, -0.05) is 12.6 Å². The Labute approximate surface area is 66.7 Å². The van der Waals surface area contributed by atoms with Gasteiger partial charge in [-0.2, -0.15) is 0 Å². The molecule has 51 valence electrons. The van der Waals surface area contributed by atoms with Gasteiger partial charge in [0.2, 0.25) is 0 Å². The fraction of sp³-hybridized carbons (Fsp3) is 0.400. The van der Waals surface area contributed by atoms with Crippen LogP contribution in [-0.2, 0) is 27.5 Å². The van der Waals surface area contributed by atoms with E-state index in [0.717, 1.165) is 5.69 Å². The Kier molecular flexibility index (Phi) is 2.89. The van der Waals surface area contributed by atoms with Gasteiger partial charge in [0.1, 0.15) is 5.56 Å². The molecule has 1 aromatic heterocycles. The zero-order valence-electron chi connectivity index (χ0n) is 5.26. The van der Waals surface area contributed by atoms with Gasteiger partial charge in [-0.25, -0.2) is 5.10 Å². The third kappa shape index (κ3) is 1.81. The van der Waals surface area contributed by atoms with Gasteiger partial charge in [0.15, 0.2) is 0 Å². The molecule has 0 saturated carbocycles. The van der Waals surface area contributed by atoms with Crippen LogP contribution in [0.2, 0.25) is 0 Å². The van der Waals surface area contributed by atoms with E-state index in [-0.39, 0.29) is 26.0 Å². The van der Waals surface area contributed by atoms with Crippen molar-refractivity contribution in [3.05, 3.63) is 22.1 Å². The summed E-state index contributed by atoms with van der Waals surface area (Å²) in [6.07, 6.45) is 0. The number of nitrogens with zero attached hydrogens (tertiary/aromatic N) is 2. The Morgan fingerprint density at radius 3 is 2.33 bits per heavy atom. The number of hydrogen-bond donors (Lipinski definition) is 0. The molecule has 1 aromatic rings. The summed E-state index contributed by atoms with van der Waals surface area (Å²) in [6.45, 7) is 1.79. The molecule has 9 heavy (non-hydrogen) atoms. The maximum absolute atomic E-state index is 10.5. The number of aromatic nitrogens is 2. The van der Waals surface area contributed by atoms with Gasteiger partial charge in [0.05, 0.1) is 0 Å². The Hall–Kier alpha value is -0.328. The van der Waals surface area contributed by atoms with E-state index < -0.39 is 0 Å². The molecule has 4 heteroatoms. The topological polar surface area (TPSA) is 34.9 Å².